The summed E-state index contributed by atoms with van der Waals surface area (Å²) in [6.07, 6.45) is -42.9. The summed E-state index contributed by atoms with van der Waals surface area (Å²) in [7, 11) is 0. The summed E-state index contributed by atoms with van der Waals surface area (Å²) in [4.78, 5) is 12.2. The first-order valence-corrected chi connectivity index (χ1v) is 18.3. The lowest BCUT2D eigenvalue weighted by Gasteiger charge is -2.51. The second-order valence-corrected chi connectivity index (χ2v) is 14.7. The molecule has 0 spiro atoms. The van der Waals surface area contributed by atoms with Crippen LogP contribution in [0.4, 0.5) is 0 Å². The molecule has 15 N–H and O–H groups in total. The van der Waals surface area contributed by atoms with E-state index in [1.807, 2.05) is 0 Å². The van der Waals surface area contributed by atoms with Crippen LogP contribution in [0.25, 0.3) is 0 Å². The van der Waals surface area contributed by atoms with Crippen molar-refractivity contribution in [2.45, 2.75) is 174 Å². The number of hydrogen-bond donors (Lipinski definition) is 15. The quantitative estimate of drug-likeness (QED) is 0.0867. The number of ether oxygens (including phenoxy) is 9. The molecule has 0 aromatic heterocycles. The van der Waals surface area contributed by atoms with Crippen LogP contribution >= 0.6 is 0 Å². The average molecular weight is 838 g/mol. The Morgan fingerprint density at radius 1 is 0.456 bits per heavy atom. The van der Waals surface area contributed by atoms with Crippen LogP contribution in [0.5, 0.6) is 0 Å². The van der Waals surface area contributed by atoms with Gasteiger partial charge in [0.05, 0.1) is 32.0 Å². The molecule has 25 nitrogen and oxygen atoms in total. The zero-order valence-corrected chi connectivity index (χ0v) is 30.9. The highest BCUT2D eigenvalue weighted by atomic mass is 16.8. The summed E-state index contributed by atoms with van der Waals surface area (Å²) in [5.74, 6) is -0.749. The number of nitrogens with one attached hydrogen (secondary N) is 1. The molecule has 1 amide bonds. The third-order valence-corrected chi connectivity index (χ3v) is 10.6. The highest BCUT2D eigenvalue weighted by Crippen LogP contribution is 2.37. The van der Waals surface area contributed by atoms with Crippen LogP contribution in [-0.2, 0) is 47.4 Å². The van der Waals surface area contributed by atoms with E-state index < -0.39 is 179 Å². The minimum Gasteiger partial charge on any atom is -0.394 e. The monoisotopic (exact) mass is 837 g/mol. The fourth-order valence-corrected chi connectivity index (χ4v) is 7.28. The summed E-state index contributed by atoms with van der Waals surface area (Å²) >= 11 is 0. The number of aliphatic hydroxyl groups is 14. The van der Waals surface area contributed by atoms with Gasteiger partial charge < -0.3 is 119 Å². The Balaban J connectivity index is 1.54. The predicted octanol–water partition coefficient (Wildman–Crippen LogP) is -9.73. The number of amides is 1. The van der Waals surface area contributed by atoms with Crippen LogP contribution < -0.4 is 5.32 Å². The van der Waals surface area contributed by atoms with Gasteiger partial charge in [-0.25, -0.2) is 0 Å². The average Bonchev–Trinajstić information content (AvgIpc) is 3.18. The zero-order valence-electron chi connectivity index (χ0n) is 30.9. The van der Waals surface area contributed by atoms with Crippen molar-refractivity contribution in [1.29, 1.82) is 0 Å². The SMILES string of the molecule is CC(=O)NC1C(OC2C(O)C(CO)OC(OC3C(O)C(O)OC(CO)C3OC3OC(C)C(O)C(O)C3O)C2OC2OC(C)C(O)C(O)C2O)OC(CO)C(O)C1O. The van der Waals surface area contributed by atoms with Crippen molar-refractivity contribution in [2.24, 2.45) is 0 Å². The summed E-state index contributed by atoms with van der Waals surface area (Å²) < 4.78 is 52.0. The van der Waals surface area contributed by atoms with E-state index in [0.29, 0.717) is 0 Å². The molecule has 0 radical (unpaired) electrons. The van der Waals surface area contributed by atoms with E-state index in [9.17, 15) is 76.3 Å². The molecule has 25 unspecified atom stereocenters. The van der Waals surface area contributed by atoms with Gasteiger partial charge in [0.2, 0.25) is 5.91 Å². The van der Waals surface area contributed by atoms with Gasteiger partial charge in [0, 0.05) is 6.92 Å². The largest absolute Gasteiger partial charge is 0.394 e. The van der Waals surface area contributed by atoms with Crippen molar-refractivity contribution >= 4 is 5.91 Å². The molecule has 0 bridgehead atoms. The van der Waals surface area contributed by atoms with E-state index in [4.69, 9.17) is 42.6 Å². The third-order valence-electron chi connectivity index (χ3n) is 10.6. The number of aliphatic hydroxyl groups excluding tert-OH is 14. The van der Waals surface area contributed by atoms with Gasteiger partial charge in [0.1, 0.15) is 110 Å². The number of hydrogen-bond acceptors (Lipinski definition) is 24. The molecule has 57 heavy (non-hydrogen) atoms. The van der Waals surface area contributed by atoms with E-state index >= 15 is 0 Å². The Bertz CT molecular complexity index is 1290. The zero-order chi connectivity index (χ0) is 42.2. The Hall–Kier alpha value is -1.45. The van der Waals surface area contributed by atoms with Gasteiger partial charge in [0.15, 0.2) is 31.5 Å². The summed E-state index contributed by atoms with van der Waals surface area (Å²) in [6, 6.07) is -1.61. The minimum absolute atomic E-state index is 0.749. The molecule has 5 heterocycles. The number of rotatable bonds is 12. The molecule has 0 aromatic carbocycles. The lowest BCUT2D eigenvalue weighted by atomic mass is 9.94. The summed E-state index contributed by atoms with van der Waals surface area (Å²) in [5.41, 5.74) is 0. The molecule has 332 valence electrons. The topological polar surface area (TPSA) is 395 Å². The minimum atomic E-state index is -2.12. The van der Waals surface area contributed by atoms with Crippen LogP contribution in [0.1, 0.15) is 20.8 Å². The van der Waals surface area contributed by atoms with Gasteiger partial charge in [0.25, 0.3) is 0 Å². The standard InChI is InChI=1S/C32H55NO24/c1-7-14(38)19(43)21(45)30(49-7)54-24-12(6-36)51-28(48)23(47)26(24)56-32-27(57-31-22(46)20(44)15(39)8(2)50-31)25(17(41)11(5-35)53-32)55-29-13(33-9(3)37)18(42)16(40)10(4-34)52-29/h7-8,10-32,34-36,38-48H,4-6H2,1-3H3,(H,33,37). The maximum absolute atomic E-state index is 12.2. The van der Waals surface area contributed by atoms with E-state index in [-0.39, 0.29) is 0 Å². The fourth-order valence-electron chi connectivity index (χ4n) is 7.28. The van der Waals surface area contributed by atoms with E-state index in [1.165, 1.54) is 13.8 Å². The third kappa shape index (κ3) is 9.71. The summed E-state index contributed by atoms with van der Waals surface area (Å²) in [6.45, 7) is 0.920. The van der Waals surface area contributed by atoms with Gasteiger partial charge in [-0.3, -0.25) is 4.79 Å². The molecule has 25 heteroatoms. The van der Waals surface area contributed by atoms with E-state index in [2.05, 4.69) is 5.32 Å². The number of carbonyl (C=O) groups excluding carboxylic acids is 1. The van der Waals surface area contributed by atoms with Crippen LogP contribution in [0, 0.1) is 0 Å². The molecular formula is C32H55NO24. The van der Waals surface area contributed by atoms with Crippen molar-refractivity contribution in [3.8, 4) is 0 Å². The second-order valence-electron chi connectivity index (χ2n) is 14.7. The van der Waals surface area contributed by atoms with Crippen molar-refractivity contribution in [3.05, 3.63) is 0 Å². The van der Waals surface area contributed by atoms with Crippen molar-refractivity contribution in [2.75, 3.05) is 19.8 Å². The smallest absolute Gasteiger partial charge is 0.217 e. The molecule has 5 fully saturated rings. The Morgan fingerprint density at radius 2 is 0.895 bits per heavy atom. The van der Waals surface area contributed by atoms with E-state index in [0.717, 1.165) is 6.92 Å². The van der Waals surface area contributed by atoms with Gasteiger partial charge in [-0.05, 0) is 13.8 Å². The van der Waals surface area contributed by atoms with Crippen molar-refractivity contribution < 1.29 is 119 Å². The Labute approximate surface area is 324 Å². The second kappa shape index (κ2) is 19.5. The molecule has 5 aliphatic rings. The first-order valence-electron chi connectivity index (χ1n) is 18.3. The molecule has 0 aliphatic carbocycles. The normalized spacial score (nSPS) is 52.3. The fraction of sp³-hybridized carbons (Fsp3) is 0.969. The highest BCUT2D eigenvalue weighted by molar-refractivity contribution is 5.73. The maximum atomic E-state index is 12.2. The van der Waals surface area contributed by atoms with E-state index in [1.54, 1.807) is 0 Å². The van der Waals surface area contributed by atoms with Crippen molar-refractivity contribution in [3.63, 3.8) is 0 Å². The molecule has 25 atom stereocenters. The van der Waals surface area contributed by atoms with Crippen LogP contribution in [-0.4, -0.2) is 251 Å². The summed E-state index contributed by atoms with van der Waals surface area (Å²) in [5, 5.41) is 151. The predicted molar refractivity (Wildman–Crippen MR) is 175 cm³/mol. The van der Waals surface area contributed by atoms with Gasteiger partial charge in [-0.2, -0.15) is 0 Å². The van der Waals surface area contributed by atoms with Gasteiger partial charge in [-0.1, -0.05) is 0 Å². The molecule has 5 rings (SSSR count). The Morgan fingerprint density at radius 3 is 1.40 bits per heavy atom. The van der Waals surface area contributed by atoms with Crippen molar-refractivity contribution in [1.82, 2.24) is 5.32 Å². The molecule has 5 saturated heterocycles. The first kappa shape index (κ1) is 46.6. The molecule has 0 saturated carbocycles. The highest BCUT2D eigenvalue weighted by Gasteiger charge is 2.58. The lowest BCUT2D eigenvalue weighted by Crippen LogP contribution is -2.70. The van der Waals surface area contributed by atoms with Crippen LogP contribution in [0.3, 0.4) is 0 Å². The Kier molecular flexibility index (Phi) is 16.0. The number of carbonyl (C=O) groups is 1. The molecule has 5 aliphatic heterocycles. The maximum Gasteiger partial charge on any atom is 0.217 e. The van der Waals surface area contributed by atoms with Crippen LogP contribution in [0.15, 0.2) is 0 Å². The lowest BCUT2D eigenvalue weighted by molar-refractivity contribution is -0.408. The van der Waals surface area contributed by atoms with Crippen LogP contribution in [0.2, 0.25) is 0 Å². The molecule has 0 aromatic rings. The molecular weight excluding hydrogens is 782 g/mol. The van der Waals surface area contributed by atoms with Gasteiger partial charge in [-0.15, -0.1) is 0 Å². The van der Waals surface area contributed by atoms with Gasteiger partial charge >= 0.3 is 0 Å². The first-order chi connectivity index (χ1) is 26.8.